The highest BCUT2D eigenvalue weighted by Gasteiger charge is 2.21. The quantitative estimate of drug-likeness (QED) is 0.704. The second kappa shape index (κ2) is 10.5. The van der Waals surface area contributed by atoms with Crippen LogP contribution in [-0.4, -0.2) is 60.0 Å². The summed E-state index contributed by atoms with van der Waals surface area (Å²) in [5.74, 6) is 0.0557. The average molecular weight is 434 g/mol. The molecule has 0 saturated carbocycles. The molecule has 4 rings (SSSR count). The van der Waals surface area contributed by atoms with Crippen LogP contribution in [0, 0.1) is 5.92 Å². The minimum absolute atomic E-state index is 0.0279. The van der Waals surface area contributed by atoms with Gasteiger partial charge in [-0.1, -0.05) is 49.4 Å². The predicted molar refractivity (Wildman–Crippen MR) is 126 cm³/mol. The Morgan fingerprint density at radius 1 is 1.03 bits per heavy atom. The van der Waals surface area contributed by atoms with Crippen molar-refractivity contribution in [1.82, 2.24) is 15.2 Å². The van der Waals surface area contributed by atoms with Crippen molar-refractivity contribution in [3.8, 4) is 0 Å². The summed E-state index contributed by atoms with van der Waals surface area (Å²) >= 11 is 0. The zero-order valence-electron chi connectivity index (χ0n) is 18.6. The third-order valence-electron chi connectivity index (χ3n) is 6.09. The molecule has 0 aromatic heterocycles. The van der Waals surface area contributed by atoms with E-state index in [-0.39, 0.29) is 17.7 Å². The smallest absolute Gasteiger partial charge is 0.240 e. The summed E-state index contributed by atoms with van der Waals surface area (Å²) in [6, 6.07) is 18.2. The lowest BCUT2D eigenvalue weighted by Gasteiger charge is -2.34. The molecule has 7 heteroatoms. The summed E-state index contributed by atoms with van der Waals surface area (Å²) < 4.78 is 0. The molecular weight excluding hydrogens is 402 g/mol. The van der Waals surface area contributed by atoms with E-state index in [9.17, 15) is 9.59 Å². The molecule has 2 amide bonds. The highest BCUT2D eigenvalue weighted by molar-refractivity contribution is 6.06. The van der Waals surface area contributed by atoms with Gasteiger partial charge in [-0.15, -0.1) is 0 Å². The normalized spacial score (nSPS) is 19.8. The van der Waals surface area contributed by atoms with Crippen LogP contribution in [0.5, 0.6) is 0 Å². The van der Waals surface area contributed by atoms with Crippen LogP contribution in [-0.2, 0) is 16.1 Å². The Kier molecular flexibility index (Phi) is 7.29. The van der Waals surface area contributed by atoms with Crippen LogP contribution in [0.25, 0.3) is 0 Å². The van der Waals surface area contributed by atoms with Crippen LogP contribution in [0.2, 0.25) is 0 Å². The van der Waals surface area contributed by atoms with E-state index in [0.717, 1.165) is 56.2 Å². The van der Waals surface area contributed by atoms with Gasteiger partial charge in [0.2, 0.25) is 11.8 Å². The number of anilines is 1. The van der Waals surface area contributed by atoms with Gasteiger partial charge in [-0.2, -0.15) is 5.10 Å². The van der Waals surface area contributed by atoms with E-state index in [0.29, 0.717) is 12.8 Å². The molecule has 1 unspecified atom stereocenters. The van der Waals surface area contributed by atoms with Crippen LogP contribution in [0.3, 0.4) is 0 Å². The fourth-order valence-corrected chi connectivity index (χ4v) is 4.22. The summed E-state index contributed by atoms with van der Waals surface area (Å²) in [6.07, 6.45) is 0.925. The van der Waals surface area contributed by atoms with Gasteiger partial charge in [0.25, 0.3) is 0 Å². The predicted octanol–water partition coefficient (Wildman–Crippen LogP) is 2.69. The monoisotopic (exact) mass is 433 g/mol. The van der Waals surface area contributed by atoms with Crippen molar-refractivity contribution >= 4 is 23.2 Å². The Labute approximate surface area is 189 Å². The maximum atomic E-state index is 12.4. The fraction of sp³-hybridized carbons (Fsp3) is 0.400. The first-order valence-corrected chi connectivity index (χ1v) is 11.3. The molecule has 1 fully saturated rings. The number of hydrogen-bond donors (Lipinski definition) is 2. The van der Waals surface area contributed by atoms with Crippen molar-refractivity contribution in [3.63, 3.8) is 0 Å². The third kappa shape index (κ3) is 6.02. The Bertz CT molecular complexity index is 950. The lowest BCUT2D eigenvalue weighted by Crippen LogP contribution is -2.46. The van der Waals surface area contributed by atoms with Gasteiger partial charge in [0.1, 0.15) is 0 Å². The van der Waals surface area contributed by atoms with Crippen LogP contribution in [0.15, 0.2) is 59.7 Å². The molecule has 2 N–H and O–H groups in total. The van der Waals surface area contributed by atoms with Gasteiger partial charge in [0.15, 0.2) is 0 Å². The Balaban J connectivity index is 1.19. The Morgan fingerprint density at radius 2 is 1.72 bits per heavy atom. The molecule has 2 heterocycles. The molecule has 0 radical (unpaired) electrons. The van der Waals surface area contributed by atoms with Crippen molar-refractivity contribution in [2.75, 3.05) is 38.0 Å². The molecule has 0 aliphatic carbocycles. The van der Waals surface area contributed by atoms with Gasteiger partial charge in [-0.05, 0) is 23.3 Å². The van der Waals surface area contributed by atoms with Gasteiger partial charge < -0.3 is 10.2 Å². The van der Waals surface area contributed by atoms with E-state index < -0.39 is 0 Å². The first-order chi connectivity index (χ1) is 15.6. The second-order valence-electron chi connectivity index (χ2n) is 8.62. The minimum atomic E-state index is -0.0530. The number of nitrogens with zero attached hydrogens (tertiary/aromatic N) is 3. The number of nitrogens with one attached hydrogen (secondary N) is 2. The van der Waals surface area contributed by atoms with Crippen molar-refractivity contribution in [2.45, 2.75) is 26.3 Å². The topological polar surface area (TPSA) is 77.0 Å². The van der Waals surface area contributed by atoms with Crippen molar-refractivity contribution in [2.24, 2.45) is 11.0 Å². The van der Waals surface area contributed by atoms with Gasteiger partial charge in [-0.3, -0.25) is 14.5 Å². The lowest BCUT2D eigenvalue weighted by molar-refractivity contribution is -0.122. The molecule has 0 spiro atoms. The van der Waals surface area contributed by atoms with E-state index >= 15 is 0 Å². The zero-order valence-corrected chi connectivity index (χ0v) is 18.6. The number of piperazine rings is 1. The number of rotatable bonds is 7. The molecule has 168 valence electrons. The number of hydrogen-bond acceptors (Lipinski definition) is 5. The molecule has 1 saturated heterocycles. The van der Waals surface area contributed by atoms with E-state index in [1.54, 1.807) is 0 Å². The SMILES string of the molecule is CC1CC(=O)NN=C1c1ccc(NC(=O)CCN2CCN(Cc3ccccc3)CC2)cc1. The van der Waals surface area contributed by atoms with Gasteiger partial charge in [0.05, 0.1) is 5.71 Å². The molecule has 0 bridgehead atoms. The van der Waals surface area contributed by atoms with Crippen LogP contribution >= 0.6 is 0 Å². The van der Waals surface area contributed by atoms with Gasteiger partial charge >= 0.3 is 0 Å². The van der Waals surface area contributed by atoms with E-state index in [4.69, 9.17) is 0 Å². The van der Waals surface area contributed by atoms with E-state index in [1.807, 2.05) is 37.3 Å². The van der Waals surface area contributed by atoms with Gasteiger partial charge in [-0.25, -0.2) is 5.43 Å². The Morgan fingerprint density at radius 3 is 2.41 bits per heavy atom. The van der Waals surface area contributed by atoms with Crippen molar-refractivity contribution in [1.29, 1.82) is 0 Å². The molecule has 2 aromatic carbocycles. The van der Waals surface area contributed by atoms with Crippen molar-refractivity contribution in [3.05, 3.63) is 65.7 Å². The second-order valence-corrected chi connectivity index (χ2v) is 8.62. The first-order valence-electron chi connectivity index (χ1n) is 11.3. The maximum absolute atomic E-state index is 12.4. The lowest BCUT2D eigenvalue weighted by atomic mass is 9.94. The van der Waals surface area contributed by atoms with Crippen LogP contribution in [0.4, 0.5) is 5.69 Å². The highest BCUT2D eigenvalue weighted by Crippen LogP contribution is 2.18. The molecule has 2 aromatic rings. The summed E-state index contributed by atoms with van der Waals surface area (Å²) in [7, 11) is 0. The number of benzene rings is 2. The standard InChI is InChI=1S/C25H31N5O2/c1-19-17-24(32)27-28-25(19)21-7-9-22(10-8-21)26-23(31)11-12-29-13-15-30(16-14-29)18-20-5-3-2-4-6-20/h2-10,19H,11-18H2,1H3,(H,26,31)(H,27,32). The Hall–Kier alpha value is -3.03. The number of hydrazone groups is 1. The summed E-state index contributed by atoms with van der Waals surface area (Å²) in [4.78, 5) is 28.7. The molecule has 32 heavy (non-hydrogen) atoms. The molecule has 2 aliphatic rings. The van der Waals surface area contributed by atoms with E-state index in [1.165, 1.54) is 5.56 Å². The number of carbonyl (C=O) groups is 2. The van der Waals surface area contributed by atoms with Crippen LogP contribution in [0.1, 0.15) is 30.9 Å². The largest absolute Gasteiger partial charge is 0.326 e. The molecule has 1 atom stereocenters. The summed E-state index contributed by atoms with van der Waals surface area (Å²) in [6.45, 7) is 7.80. The van der Waals surface area contributed by atoms with E-state index in [2.05, 4.69) is 49.9 Å². The van der Waals surface area contributed by atoms with Crippen molar-refractivity contribution < 1.29 is 9.59 Å². The molecule has 2 aliphatic heterocycles. The molecule has 7 nitrogen and oxygen atoms in total. The van der Waals surface area contributed by atoms with Gasteiger partial charge in [0, 0.05) is 63.7 Å². The van der Waals surface area contributed by atoms with Crippen LogP contribution < -0.4 is 10.7 Å². The summed E-state index contributed by atoms with van der Waals surface area (Å²) in [5.41, 5.74) is 6.50. The maximum Gasteiger partial charge on any atom is 0.240 e. The number of amides is 2. The first kappa shape index (κ1) is 22.2. The molecular formula is C25H31N5O2. The summed E-state index contributed by atoms with van der Waals surface area (Å²) in [5, 5.41) is 7.17. The minimum Gasteiger partial charge on any atom is -0.326 e. The fourth-order valence-electron chi connectivity index (χ4n) is 4.22. The zero-order chi connectivity index (χ0) is 22.3. The third-order valence-corrected chi connectivity index (χ3v) is 6.09. The number of carbonyl (C=O) groups excluding carboxylic acids is 2. The highest BCUT2D eigenvalue weighted by atomic mass is 16.2. The average Bonchev–Trinajstić information content (AvgIpc) is 2.80.